The fourth-order valence-corrected chi connectivity index (χ4v) is 2.96. The molecule has 0 fully saturated rings. The van der Waals surface area contributed by atoms with Crippen molar-refractivity contribution in [2.24, 2.45) is 0 Å². The van der Waals surface area contributed by atoms with Crippen LogP contribution in [-0.4, -0.2) is 13.4 Å². The molecule has 8 heteroatoms. The first-order valence-electron chi connectivity index (χ1n) is 4.27. The van der Waals surface area contributed by atoms with Gasteiger partial charge >= 0.3 is 0 Å². The quantitative estimate of drug-likeness (QED) is 0.945. The first kappa shape index (κ1) is 12.3. The molecule has 0 aliphatic rings. The Morgan fingerprint density at radius 3 is 2.94 bits per heavy atom. The number of aromatic nitrogens is 1. The number of sulfonamides is 1. The van der Waals surface area contributed by atoms with Gasteiger partial charge in [0.2, 0.25) is 0 Å². The lowest BCUT2D eigenvalue weighted by Crippen LogP contribution is -2.14. The SMILES string of the molecule is O=S(=O)(Nc1cscn1)c1cc(Cl)[c]cc1F. The van der Waals surface area contributed by atoms with E-state index in [4.69, 9.17) is 11.6 Å². The van der Waals surface area contributed by atoms with Crippen LogP contribution in [0.15, 0.2) is 27.9 Å². The fraction of sp³-hybridized carbons (Fsp3) is 0. The minimum atomic E-state index is -4.02. The highest BCUT2D eigenvalue weighted by Gasteiger charge is 2.20. The molecular weight excluding hydrogens is 287 g/mol. The highest BCUT2D eigenvalue weighted by atomic mass is 35.5. The number of nitrogens with one attached hydrogen (secondary N) is 1. The van der Waals surface area contributed by atoms with E-state index in [-0.39, 0.29) is 10.8 Å². The summed E-state index contributed by atoms with van der Waals surface area (Å²) < 4.78 is 39.1. The molecule has 1 aromatic heterocycles. The third-order valence-electron chi connectivity index (χ3n) is 1.79. The van der Waals surface area contributed by atoms with Gasteiger partial charge in [-0.2, -0.15) is 0 Å². The molecule has 0 saturated carbocycles. The normalized spacial score (nSPS) is 11.4. The molecule has 0 unspecified atom stereocenters. The van der Waals surface area contributed by atoms with Crippen molar-refractivity contribution in [2.75, 3.05) is 4.72 Å². The molecule has 1 aromatic carbocycles. The van der Waals surface area contributed by atoms with E-state index in [2.05, 4.69) is 15.8 Å². The maximum atomic E-state index is 13.4. The molecule has 1 heterocycles. The number of anilines is 1. The van der Waals surface area contributed by atoms with Gasteiger partial charge in [-0.1, -0.05) is 11.6 Å². The zero-order chi connectivity index (χ0) is 12.5. The maximum absolute atomic E-state index is 13.4. The molecule has 2 rings (SSSR count). The van der Waals surface area contributed by atoms with Crippen molar-refractivity contribution in [1.82, 2.24) is 4.98 Å². The van der Waals surface area contributed by atoms with Crippen LogP contribution < -0.4 is 4.72 Å². The second-order valence-electron chi connectivity index (χ2n) is 2.97. The van der Waals surface area contributed by atoms with E-state index >= 15 is 0 Å². The van der Waals surface area contributed by atoms with Crippen molar-refractivity contribution in [3.8, 4) is 0 Å². The smallest absolute Gasteiger partial charge is 0.263 e. The maximum Gasteiger partial charge on any atom is 0.266 e. The summed E-state index contributed by atoms with van der Waals surface area (Å²) in [5.74, 6) is -0.782. The van der Waals surface area contributed by atoms with Crippen molar-refractivity contribution < 1.29 is 12.8 Å². The van der Waals surface area contributed by atoms with Gasteiger partial charge in [0.1, 0.15) is 10.7 Å². The lowest BCUT2D eigenvalue weighted by molar-refractivity contribution is 0.570. The Balaban J connectivity index is 2.41. The summed E-state index contributed by atoms with van der Waals surface area (Å²) in [6.45, 7) is 0. The summed E-state index contributed by atoms with van der Waals surface area (Å²) >= 11 is 6.80. The highest BCUT2D eigenvalue weighted by molar-refractivity contribution is 7.92. The third kappa shape index (κ3) is 2.74. The second-order valence-corrected chi connectivity index (χ2v) is 5.75. The van der Waals surface area contributed by atoms with Gasteiger partial charge < -0.3 is 0 Å². The number of hydrogen-bond donors (Lipinski definition) is 1. The van der Waals surface area contributed by atoms with Crippen LogP contribution >= 0.6 is 22.9 Å². The molecule has 89 valence electrons. The van der Waals surface area contributed by atoms with Crippen LogP contribution in [0.25, 0.3) is 0 Å². The van der Waals surface area contributed by atoms with Crippen molar-refractivity contribution >= 4 is 38.8 Å². The van der Waals surface area contributed by atoms with Crippen molar-refractivity contribution in [3.05, 3.63) is 39.9 Å². The minimum absolute atomic E-state index is 0.0186. The van der Waals surface area contributed by atoms with E-state index in [1.165, 1.54) is 22.2 Å². The molecule has 0 atom stereocenters. The molecule has 0 aliphatic carbocycles. The predicted octanol–water partition coefficient (Wildman–Crippen LogP) is 2.54. The van der Waals surface area contributed by atoms with Gasteiger partial charge in [-0.3, -0.25) is 4.72 Å². The summed E-state index contributed by atoms with van der Waals surface area (Å²) in [5, 5.41) is 1.51. The lowest BCUT2D eigenvalue weighted by Gasteiger charge is -2.06. The number of nitrogens with zero attached hydrogens (tertiary/aromatic N) is 1. The van der Waals surface area contributed by atoms with Crippen LogP contribution in [0.5, 0.6) is 0 Å². The van der Waals surface area contributed by atoms with Crippen LogP contribution in [0, 0.1) is 11.9 Å². The Morgan fingerprint density at radius 1 is 1.53 bits per heavy atom. The highest BCUT2D eigenvalue weighted by Crippen LogP contribution is 2.21. The summed E-state index contributed by atoms with van der Waals surface area (Å²) in [6, 6.07) is 4.22. The van der Waals surface area contributed by atoms with Crippen LogP contribution in [0.4, 0.5) is 10.2 Å². The molecule has 1 radical (unpaired) electrons. The standard InChI is InChI=1S/C9H5ClFN2O2S2/c10-6-1-2-7(11)8(3-6)17(14,15)13-9-4-16-5-12-9/h2-5,13H. The molecule has 4 nitrogen and oxygen atoms in total. The van der Waals surface area contributed by atoms with Crippen molar-refractivity contribution in [3.63, 3.8) is 0 Å². The molecule has 0 amide bonds. The van der Waals surface area contributed by atoms with E-state index in [9.17, 15) is 12.8 Å². The van der Waals surface area contributed by atoms with Crippen molar-refractivity contribution in [1.29, 1.82) is 0 Å². The van der Waals surface area contributed by atoms with E-state index in [0.717, 1.165) is 12.1 Å². The van der Waals surface area contributed by atoms with E-state index in [0.29, 0.717) is 0 Å². The summed E-state index contributed by atoms with van der Waals surface area (Å²) in [6.07, 6.45) is 0. The third-order valence-corrected chi connectivity index (χ3v) is 3.97. The number of hydrogen-bond acceptors (Lipinski definition) is 4. The molecule has 0 spiro atoms. The van der Waals surface area contributed by atoms with Gasteiger partial charge in [0.15, 0.2) is 5.82 Å². The first-order valence-corrected chi connectivity index (χ1v) is 7.07. The van der Waals surface area contributed by atoms with Crippen LogP contribution in [-0.2, 0) is 10.0 Å². The summed E-state index contributed by atoms with van der Waals surface area (Å²) in [4.78, 5) is 3.21. The molecule has 17 heavy (non-hydrogen) atoms. The van der Waals surface area contributed by atoms with Gasteiger partial charge in [-0.25, -0.2) is 17.8 Å². The largest absolute Gasteiger partial charge is 0.266 e. The predicted molar refractivity (Wildman–Crippen MR) is 63.2 cm³/mol. The average Bonchev–Trinajstić information content (AvgIpc) is 2.73. The first-order chi connectivity index (χ1) is 7.99. The van der Waals surface area contributed by atoms with E-state index < -0.39 is 20.7 Å². The Labute approximate surface area is 106 Å². The molecule has 2 aromatic rings. The molecule has 0 saturated heterocycles. The minimum Gasteiger partial charge on any atom is -0.263 e. The monoisotopic (exact) mass is 291 g/mol. The Kier molecular flexibility index (Phi) is 3.32. The van der Waals surface area contributed by atoms with Gasteiger partial charge in [0, 0.05) is 11.4 Å². The van der Waals surface area contributed by atoms with Gasteiger partial charge in [0.25, 0.3) is 10.0 Å². The topological polar surface area (TPSA) is 59.1 Å². The molecule has 0 bridgehead atoms. The van der Waals surface area contributed by atoms with Crippen LogP contribution in [0.2, 0.25) is 5.02 Å². The zero-order valence-electron chi connectivity index (χ0n) is 8.15. The molecular formula is C9H5ClFN2O2S2. The number of benzene rings is 1. The number of rotatable bonds is 3. The molecule has 1 N–H and O–H groups in total. The lowest BCUT2D eigenvalue weighted by atomic mass is 10.3. The fourth-order valence-electron chi connectivity index (χ4n) is 1.09. The van der Waals surface area contributed by atoms with Gasteiger partial charge in [0.05, 0.1) is 10.5 Å². The van der Waals surface area contributed by atoms with E-state index in [1.54, 1.807) is 0 Å². The van der Waals surface area contributed by atoms with Gasteiger partial charge in [-0.05, 0) is 12.1 Å². The van der Waals surface area contributed by atoms with Crippen LogP contribution in [0.1, 0.15) is 0 Å². The Bertz CT molecular complexity index is 628. The average molecular weight is 292 g/mol. The van der Waals surface area contributed by atoms with Gasteiger partial charge in [-0.15, -0.1) is 11.3 Å². The van der Waals surface area contributed by atoms with E-state index in [1.807, 2.05) is 0 Å². The molecule has 0 aliphatic heterocycles. The summed E-state index contributed by atoms with van der Waals surface area (Å²) in [7, 11) is -4.02. The zero-order valence-corrected chi connectivity index (χ0v) is 10.5. The Morgan fingerprint density at radius 2 is 2.29 bits per heavy atom. The number of halogens is 2. The second kappa shape index (κ2) is 4.59. The van der Waals surface area contributed by atoms with Crippen LogP contribution in [0.3, 0.4) is 0 Å². The van der Waals surface area contributed by atoms with Crippen molar-refractivity contribution in [2.45, 2.75) is 4.90 Å². The Hall–Kier alpha value is -1.18. The summed E-state index contributed by atoms with van der Waals surface area (Å²) in [5.41, 5.74) is 1.46. The number of thiazole rings is 1.